The topological polar surface area (TPSA) is 58.9 Å². The Balaban J connectivity index is 2.00. The molecule has 0 aliphatic carbocycles. The number of hydrogen-bond acceptors (Lipinski definition) is 4. The van der Waals surface area contributed by atoms with Crippen LogP contribution in [0.25, 0.3) is 16.5 Å². The lowest BCUT2D eigenvalue weighted by Gasteiger charge is -1.97. The number of nitrogens with zero attached hydrogens (tertiary/aromatic N) is 4. The highest BCUT2D eigenvalue weighted by Crippen LogP contribution is 2.23. The highest BCUT2D eigenvalue weighted by atomic mass is 32.1. The fraction of sp³-hybridized carbons (Fsp3) is 0.417. The zero-order valence-corrected chi connectivity index (χ0v) is 11.5. The van der Waals surface area contributed by atoms with Gasteiger partial charge < -0.3 is 0 Å². The molecule has 0 aliphatic heterocycles. The summed E-state index contributed by atoms with van der Waals surface area (Å²) in [7, 11) is 0. The van der Waals surface area contributed by atoms with E-state index in [0.717, 1.165) is 34.4 Å². The lowest BCUT2D eigenvalue weighted by molar-refractivity contribution is 0.622. The number of fused-ring (bicyclic) bond motifs is 1. The second-order valence-corrected chi connectivity index (χ2v) is 5.70. The summed E-state index contributed by atoms with van der Waals surface area (Å²) < 4.78 is 2.04. The molecule has 0 atom stereocenters. The second-order valence-electron chi connectivity index (χ2n) is 4.86. The van der Waals surface area contributed by atoms with Crippen molar-refractivity contribution in [2.75, 3.05) is 0 Å². The first-order valence-electron chi connectivity index (χ1n) is 5.98. The maximum absolute atomic E-state index is 4.54. The number of imidazole rings is 1. The van der Waals surface area contributed by atoms with Crippen LogP contribution in [0.5, 0.6) is 0 Å². The van der Waals surface area contributed by atoms with Crippen molar-refractivity contribution in [3.63, 3.8) is 0 Å². The largest absolute Gasteiger partial charge is 0.287 e. The van der Waals surface area contributed by atoms with Crippen LogP contribution < -0.4 is 0 Å². The van der Waals surface area contributed by atoms with Crippen LogP contribution in [0, 0.1) is 12.8 Å². The SMILES string of the molecule is Cc1cn2c(-c3n[nH]c(CC(C)C)n3)csc2n1. The lowest BCUT2D eigenvalue weighted by atomic mass is 10.1. The summed E-state index contributed by atoms with van der Waals surface area (Å²) in [4.78, 5) is 9.96. The van der Waals surface area contributed by atoms with E-state index in [1.165, 1.54) is 0 Å². The Morgan fingerprint density at radius 2 is 2.22 bits per heavy atom. The summed E-state index contributed by atoms with van der Waals surface area (Å²) >= 11 is 1.61. The predicted molar refractivity (Wildman–Crippen MR) is 71.7 cm³/mol. The molecule has 0 fully saturated rings. The Labute approximate surface area is 109 Å². The molecule has 0 spiro atoms. The van der Waals surface area contributed by atoms with Crippen LogP contribution in [-0.4, -0.2) is 24.6 Å². The van der Waals surface area contributed by atoms with Crippen LogP contribution in [-0.2, 0) is 6.42 Å². The average molecular weight is 261 g/mol. The molecule has 0 unspecified atom stereocenters. The number of nitrogens with one attached hydrogen (secondary N) is 1. The minimum atomic E-state index is 0.573. The molecule has 3 heterocycles. The van der Waals surface area contributed by atoms with Crippen molar-refractivity contribution in [2.24, 2.45) is 5.92 Å². The highest BCUT2D eigenvalue weighted by molar-refractivity contribution is 7.15. The molecule has 94 valence electrons. The van der Waals surface area contributed by atoms with Crippen LogP contribution in [0.3, 0.4) is 0 Å². The van der Waals surface area contributed by atoms with Gasteiger partial charge in [-0.2, -0.15) is 5.10 Å². The summed E-state index contributed by atoms with van der Waals surface area (Å²) in [5.41, 5.74) is 2.02. The van der Waals surface area contributed by atoms with E-state index in [0.29, 0.717) is 5.92 Å². The van der Waals surface area contributed by atoms with Gasteiger partial charge in [-0.15, -0.1) is 11.3 Å². The van der Waals surface area contributed by atoms with Crippen LogP contribution in [0.4, 0.5) is 0 Å². The van der Waals surface area contributed by atoms with Crippen molar-refractivity contribution in [3.8, 4) is 11.5 Å². The standard InChI is InChI=1S/C12H15N5S/c1-7(2)4-10-14-11(16-15-10)9-6-18-12-13-8(3)5-17(9)12/h5-7H,4H2,1-3H3,(H,14,15,16). The first kappa shape index (κ1) is 11.4. The maximum Gasteiger partial charge on any atom is 0.199 e. The van der Waals surface area contributed by atoms with Crippen LogP contribution in [0.15, 0.2) is 11.6 Å². The van der Waals surface area contributed by atoms with Gasteiger partial charge >= 0.3 is 0 Å². The molecular formula is C12H15N5S. The molecule has 3 rings (SSSR count). The lowest BCUT2D eigenvalue weighted by Crippen LogP contribution is -1.96. The molecule has 1 N–H and O–H groups in total. The molecule has 0 saturated heterocycles. The third-order valence-corrected chi connectivity index (χ3v) is 3.53. The fourth-order valence-electron chi connectivity index (χ4n) is 1.94. The molecule has 18 heavy (non-hydrogen) atoms. The maximum atomic E-state index is 4.54. The molecule has 0 amide bonds. The minimum Gasteiger partial charge on any atom is -0.287 e. The number of rotatable bonds is 3. The Morgan fingerprint density at radius 1 is 1.39 bits per heavy atom. The van der Waals surface area contributed by atoms with Crippen molar-refractivity contribution in [1.82, 2.24) is 24.6 Å². The van der Waals surface area contributed by atoms with E-state index < -0.39 is 0 Å². The van der Waals surface area contributed by atoms with E-state index in [4.69, 9.17) is 0 Å². The summed E-state index contributed by atoms with van der Waals surface area (Å²) in [5, 5.41) is 9.35. The first-order chi connectivity index (χ1) is 8.63. The minimum absolute atomic E-state index is 0.573. The van der Waals surface area contributed by atoms with Gasteiger partial charge in [-0.1, -0.05) is 13.8 Å². The van der Waals surface area contributed by atoms with Crippen LogP contribution >= 0.6 is 11.3 Å². The molecule has 6 heteroatoms. The zero-order chi connectivity index (χ0) is 12.7. The number of aromatic amines is 1. The smallest absolute Gasteiger partial charge is 0.199 e. The van der Waals surface area contributed by atoms with Gasteiger partial charge in [0.15, 0.2) is 10.8 Å². The molecule has 0 aromatic carbocycles. The number of hydrogen-bond donors (Lipinski definition) is 1. The molecule has 3 aromatic rings. The van der Waals surface area contributed by atoms with Gasteiger partial charge in [-0.05, 0) is 12.8 Å². The Bertz CT molecular complexity index is 676. The van der Waals surface area contributed by atoms with Crippen LogP contribution in [0.1, 0.15) is 25.4 Å². The molecule has 3 aromatic heterocycles. The summed E-state index contributed by atoms with van der Waals surface area (Å²) in [6.45, 7) is 6.33. The van der Waals surface area contributed by atoms with Gasteiger partial charge in [0, 0.05) is 18.0 Å². The third kappa shape index (κ3) is 1.92. The summed E-state index contributed by atoms with van der Waals surface area (Å²) in [5.74, 6) is 2.26. The Morgan fingerprint density at radius 3 is 3.00 bits per heavy atom. The third-order valence-electron chi connectivity index (χ3n) is 2.69. The number of aryl methyl sites for hydroxylation is 1. The van der Waals surface area contributed by atoms with Crippen molar-refractivity contribution < 1.29 is 0 Å². The highest BCUT2D eigenvalue weighted by Gasteiger charge is 2.13. The molecule has 0 aliphatic rings. The van der Waals surface area contributed by atoms with E-state index in [1.807, 2.05) is 22.9 Å². The van der Waals surface area contributed by atoms with E-state index in [-0.39, 0.29) is 0 Å². The monoisotopic (exact) mass is 261 g/mol. The Hall–Kier alpha value is -1.69. The molecule has 0 bridgehead atoms. The number of thiazole rings is 1. The van der Waals surface area contributed by atoms with E-state index in [2.05, 4.69) is 34.0 Å². The predicted octanol–water partition coefficient (Wildman–Crippen LogP) is 2.69. The molecule has 5 nitrogen and oxygen atoms in total. The molecule has 0 radical (unpaired) electrons. The van der Waals surface area contributed by atoms with Gasteiger partial charge in [0.05, 0.1) is 5.69 Å². The molecular weight excluding hydrogens is 246 g/mol. The van der Waals surface area contributed by atoms with Crippen molar-refractivity contribution in [2.45, 2.75) is 27.2 Å². The van der Waals surface area contributed by atoms with Crippen molar-refractivity contribution in [1.29, 1.82) is 0 Å². The van der Waals surface area contributed by atoms with Gasteiger partial charge in [-0.25, -0.2) is 9.97 Å². The fourth-order valence-corrected chi connectivity index (χ4v) is 2.84. The van der Waals surface area contributed by atoms with Gasteiger partial charge in [-0.3, -0.25) is 9.50 Å². The number of aromatic nitrogens is 5. The normalized spacial score (nSPS) is 11.8. The van der Waals surface area contributed by atoms with Gasteiger partial charge in [0.25, 0.3) is 0 Å². The molecule has 0 saturated carbocycles. The average Bonchev–Trinajstić information content (AvgIpc) is 2.92. The van der Waals surface area contributed by atoms with Crippen LogP contribution in [0.2, 0.25) is 0 Å². The van der Waals surface area contributed by atoms with E-state index in [1.54, 1.807) is 11.3 Å². The van der Waals surface area contributed by atoms with Crippen molar-refractivity contribution in [3.05, 3.63) is 23.1 Å². The van der Waals surface area contributed by atoms with Gasteiger partial charge in [0.2, 0.25) is 0 Å². The van der Waals surface area contributed by atoms with E-state index >= 15 is 0 Å². The Kier molecular flexibility index (Phi) is 2.66. The first-order valence-corrected chi connectivity index (χ1v) is 6.86. The summed E-state index contributed by atoms with van der Waals surface area (Å²) in [6.07, 6.45) is 2.93. The zero-order valence-electron chi connectivity index (χ0n) is 10.6. The summed E-state index contributed by atoms with van der Waals surface area (Å²) in [6, 6.07) is 0. The van der Waals surface area contributed by atoms with Gasteiger partial charge in [0.1, 0.15) is 11.5 Å². The number of H-pyrrole nitrogens is 1. The quantitative estimate of drug-likeness (QED) is 0.788. The second kappa shape index (κ2) is 4.20. The van der Waals surface area contributed by atoms with Crippen molar-refractivity contribution >= 4 is 16.3 Å². The van der Waals surface area contributed by atoms with E-state index in [9.17, 15) is 0 Å².